The molecule has 0 saturated heterocycles. The molecule has 0 aromatic heterocycles. The topological polar surface area (TPSA) is 67.9 Å². The summed E-state index contributed by atoms with van der Waals surface area (Å²) in [6.45, 7) is 2.16. The summed E-state index contributed by atoms with van der Waals surface area (Å²) in [5, 5.41) is 2.71. The van der Waals surface area contributed by atoms with Crippen LogP contribution < -0.4 is 19.7 Å². The molecule has 6 nitrogen and oxygen atoms in total. The molecule has 1 heterocycles. The van der Waals surface area contributed by atoms with Crippen LogP contribution in [0.1, 0.15) is 12.5 Å². The van der Waals surface area contributed by atoms with Crippen molar-refractivity contribution >= 4 is 17.7 Å². The second-order valence-electron chi connectivity index (χ2n) is 5.84. The molecule has 1 N–H and O–H groups in total. The number of nitrogens with one attached hydrogen (secondary N) is 1. The number of anilines is 1. The van der Waals surface area contributed by atoms with Crippen molar-refractivity contribution in [1.29, 1.82) is 0 Å². The van der Waals surface area contributed by atoms with E-state index in [4.69, 9.17) is 9.47 Å². The van der Waals surface area contributed by atoms with Gasteiger partial charge < -0.3 is 19.7 Å². The van der Waals surface area contributed by atoms with E-state index in [1.54, 1.807) is 43.1 Å². The number of hydrogen-bond donors (Lipinski definition) is 1. The molecule has 1 aliphatic rings. The Balaban J connectivity index is 1.56. The van der Waals surface area contributed by atoms with Crippen molar-refractivity contribution < 1.29 is 19.1 Å². The van der Waals surface area contributed by atoms with Gasteiger partial charge in [0.2, 0.25) is 0 Å². The molecule has 0 radical (unpaired) electrons. The van der Waals surface area contributed by atoms with E-state index in [2.05, 4.69) is 5.32 Å². The molecule has 0 saturated carbocycles. The summed E-state index contributed by atoms with van der Waals surface area (Å²) < 4.78 is 10.8. The molecule has 1 aliphatic heterocycles. The minimum Gasteiger partial charge on any atom is -0.479 e. The van der Waals surface area contributed by atoms with Crippen molar-refractivity contribution in [3.8, 4) is 11.5 Å². The highest BCUT2D eigenvalue weighted by Crippen LogP contribution is 2.33. The first-order valence-electron chi connectivity index (χ1n) is 8.12. The van der Waals surface area contributed by atoms with Crippen molar-refractivity contribution in [2.24, 2.45) is 0 Å². The maximum atomic E-state index is 12.0. The van der Waals surface area contributed by atoms with Crippen LogP contribution >= 0.6 is 0 Å². The van der Waals surface area contributed by atoms with Crippen LogP contribution in [0.15, 0.2) is 48.5 Å². The number of fused-ring (bicyclic) bond motifs is 1. The summed E-state index contributed by atoms with van der Waals surface area (Å²) in [4.78, 5) is 25.4. The van der Waals surface area contributed by atoms with Crippen LogP contribution in [0.5, 0.6) is 11.5 Å². The SMILES string of the molecule is CC1Oc2ccc(CCNC(=O)Oc3ccccc3)cc2N(C)C1=O. The third kappa shape index (κ3) is 3.91. The first kappa shape index (κ1) is 16.8. The lowest BCUT2D eigenvalue weighted by Gasteiger charge is -2.30. The third-order valence-electron chi connectivity index (χ3n) is 4.00. The van der Waals surface area contributed by atoms with Crippen LogP contribution in [-0.4, -0.2) is 31.7 Å². The fraction of sp³-hybridized carbons (Fsp3) is 0.263. The van der Waals surface area contributed by atoms with E-state index in [9.17, 15) is 9.59 Å². The van der Waals surface area contributed by atoms with Gasteiger partial charge in [0, 0.05) is 13.6 Å². The predicted molar refractivity (Wildman–Crippen MR) is 94.1 cm³/mol. The number of carbonyl (C=O) groups excluding carboxylic acids is 2. The van der Waals surface area contributed by atoms with Gasteiger partial charge in [0.15, 0.2) is 6.10 Å². The lowest BCUT2D eigenvalue weighted by atomic mass is 10.1. The molecule has 0 bridgehead atoms. The van der Waals surface area contributed by atoms with E-state index in [0.29, 0.717) is 24.5 Å². The molecule has 1 unspecified atom stereocenters. The lowest BCUT2D eigenvalue weighted by molar-refractivity contribution is -0.125. The largest absolute Gasteiger partial charge is 0.479 e. The Morgan fingerprint density at radius 3 is 2.76 bits per heavy atom. The number of benzene rings is 2. The van der Waals surface area contributed by atoms with Crippen LogP contribution in [0.3, 0.4) is 0 Å². The second kappa shape index (κ2) is 7.25. The van der Waals surface area contributed by atoms with E-state index < -0.39 is 12.2 Å². The quantitative estimate of drug-likeness (QED) is 0.929. The van der Waals surface area contributed by atoms with Gasteiger partial charge in [-0.3, -0.25) is 4.79 Å². The maximum Gasteiger partial charge on any atom is 0.412 e. The zero-order valence-electron chi connectivity index (χ0n) is 14.2. The number of likely N-dealkylation sites (N-methyl/N-ethyl adjacent to an activating group) is 1. The van der Waals surface area contributed by atoms with E-state index in [0.717, 1.165) is 11.3 Å². The highest BCUT2D eigenvalue weighted by molar-refractivity contribution is 5.99. The Hall–Kier alpha value is -3.02. The minimum absolute atomic E-state index is 0.0748. The van der Waals surface area contributed by atoms with Gasteiger partial charge in [-0.25, -0.2) is 4.79 Å². The summed E-state index contributed by atoms with van der Waals surface area (Å²) in [7, 11) is 1.74. The smallest absolute Gasteiger partial charge is 0.412 e. The standard InChI is InChI=1S/C19H20N2O4/c1-13-18(22)21(2)16-12-14(8-9-17(16)24-13)10-11-20-19(23)25-15-6-4-3-5-7-15/h3-9,12-13H,10-11H2,1-2H3,(H,20,23). The summed E-state index contributed by atoms with van der Waals surface area (Å²) in [6, 6.07) is 14.6. The molecule has 0 aliphatic carbocycles. The molecular weight excluding hydrogens is 320 g/mol. The summed E-state index contributed by atoms with van der Waals surface area (Å²) in [5.74, 6) is 1.11. The number of rotatable bonds is 4. The molecule has 3 rings (SSSR count). The fourth-order valence-electron chi connectivity index (χ4n) is 2.65. The number of nitrogens with zero attached hydrogens (tertiary/aromatic N) is 1. The van der Waals surface area contributed by atoms with E-state index in [-0.39, 0.29) is 5.91 Å². The van der Waals surface area contributed by atoms with Crippen molar-refractivity contribution in [3.05, 3.63) is 54.1 Å². The first-order chi connectivity index (χ1) is 12.0. The van der Waals surface area contributed by atoms with Gasteiger partial charge >= 0.3 is 6.09 Å². The van der Waals surface area contributed by atoms with Gasteiger partial charge in [-0.15, -0.1) is 0 Å². The number of carbonyl (C=O) groups is 2. The summed E-state index contributed by atoms with van der Waals surface area (Å²) in [6.07, 6.45) is -0.347. The van der Waals surface area contributed by atoms with Crippen LogP contribution in [0, 0.1) is 0 Å². The van der Waals surface area contributed by atoms with E-state index in [1.165, 1.54) is 0 Å². The number of amides is 2. The van der Waals surface area contributed by atoms with Gasteiger partial charge in [0.05, 0.1) is 5.69 Å². The van der Waals surface area contributed by atoms with Gasteiger partial charge in [0.1, 0.15) is 11.5 Å². The molecule has 0 spiro atoms. The van der Waals surface area contributed by atoms with E-state index >= 15 is 0 Å². The maximum absolute atomic E-state index is 12.0. The number of hydrogen-bond acceptors (Lipinski definition) is 4. The Bertz CT molecular complexity index is 776. The van der Waals surface area contributed by atoms with E-state index in [1.807, 2.05) is 24.3 Å². The molecule has 130 valence electrons. The zero-order valence-corrected chi connectivity index (χ0v) is 14.2. The first-order valence-corrected chi connectivity index (χ1v) is 8.12. The summed E-state index contributed by atoms with van der Waals surface area (Å²) in [5.41, 5.74) is 1.74. The van der Waals surface area contributed by atoms with Crippen molar-refractivity contribution in [1.82, 2.24) is 5.32 Å². The molecule has 1 atom stereocenters. The fourth-order valence-corrected chi connectivity index (χ4v) is 2.65. The third-order valence-corrected chi connectivity index (χ3v) is 4.00. The molecule has 25 heavy (non-hydrogen) atoms. The highest BCUT2D eigenvalue weighted by atomic mass is 16.6. The molecule has 0 fully saturated rings. The molecule has 2 aromatic rings. The van der Waals surface area contributed by atoms with Crippen LogP contribution in [-0.2, 0) is 11.2 Å². The van der Waals surface area contributed by atoms with Crippen LogP contribution in [0.4, 0.5) is 10.5 Å². The van der Waals surface area contributed by atoms with Gasteiger partial charge in [0.25, 0.3) is 5.91 Å². The van der Waals surface area contributed by atoms with Crippen molar-refractivity contribution in [3.63, 3.8) is 0 Å². The highest BCUT2D eigenvalue weighted by Gasteiger charge is 2.28. The van der Waals surface area contributed by atoms with Gasteiger partial charge in [-0.1, -0.05) is 24.3 Å². The van der Waals surface area contributed by atoms with Crippen LogP contribution in [0.25, 0.3) is 0 Å². The number of ether oxygens (including phenoxy) is 2. The molecular formula is C19H20N2O4. The van der Waals surface area contributed by atoms with Gasteiger partial charge in [-0.2, -0.15) is 0 Å². The second-order valence-corrected chi connectivity index (χ2v) is 5.84. The van der Waals surface area contributed by atoms with Crippen LogP contribution in [0.2, 0.25) is 0 Å². The van der Waals surface area contributed by atoms with Crippen molar-refractivity contribution in [2.45, 2.75) is 19.4 Å². The van der Waals surface area contributed by atoms with Gasteiger partial charge in [-0.05, 0) is 43.2 Å². The Morgan fingerprint density at radius 1 is 1.24 bits per heavy atom. The average molecular weight is 340 g/mol. The average Bonchev–Trinajstić information content (AvgIpc) is 2.61. The molecule has 2 amide bonds. The molecule has 6 heteroatoms. The predicted octanol–water partition coefficient (Wildman–Crippen LogP) is 2.76. The Morgan fingerprint density at radius 2 is 2.00 bits per heavy atom. The zero-order chi connectivity index (χ0) is 17.8. The molecule has 2 aromatic carbocycles. The Kier molecular flexibility index (Phi) is 4.88. The minimum atomic E-state index is -0.492. The normalized spacial score (nSPS) is 16.0. The van der Waals surface area contributed by atoms with Crippen molar-refractivity contribution in [2.75, 3.05) is 18.5 Å². The lowest BCUT2D eigenvalue weighted by Crippen LogP contribution is -2.42. The number of para-hydroxylation sites is 1. The Labute approximate surface area is 146 Å². The monoisotopic (exact) mass is 340 g/mol. The summed E-state index contributed by atoms with van der Waals surface area (Å²) >= 11 is 0.